The van der Waals surface area contributed by atoms with Gasteiger partial charge in [-0.3, -0.25) is 4.79 Å². The molecular formula is C17H19BrN2O3S2. The predicted octanol–water partition coefficient (Wildman–Crippen LogP) is 3.32. The molecular weight excluding hydrogens is 424 g/mol. The number of aryl methyl sites for hydroxylation is 1. The fourth-order valence-electron chi connectivity index (χ4n) is 3.02. The molecule has 3 rings (SSSR count). The summed E-state index contributed by atoms with van der Waals surface area (Å²) < 4.78 is 27.1. The topological polar surface area (TPSA) is 66.5 Å². The van der Waals surface area contributed by atoms with E-state index in [4.69, 9.17) is 0 Å². The first kappa shape index (κ1) is 18.6. The van der Waals surface area contributed by atoms with Crippen LogP contribution in [0.5, 0.6) is 0 Å². The number of hydrogen-bond acceptors (Lipinski definition) is 4. The molecule has 0 aliphatic heterocycles. The maximum absolute atomic E-state index is 12.5. The maximum atomic E-state index is 12.5. The lowest BCUT2D eigenvalue weighted by atomic mass is 9.88. The molecule has 25 heavy (non-hydrogen) atoms. The number of nitrogens with zero attached hydrogens (tertiary/aromatic N) is 1. The van der Waals surface area contributed by atoms with Crippen molar-refractivity contribution in [1.82, 2.24) is 9.62 Å². The van der Waals surface area contributed by atoms with Crippen molar-refractivity contribution >= 4 is 43.2 Å². The van der Waals surface area contributed by atoms with Crippen LogP contribution in [0.4, 0.5) is 0 Å². The zero-order valence-corrected chi connectivity index (χ0v) is 17.0. The Hall–Kier alpha value is -1.22. The third-order valence-corrected chi connectivity index (χ3v) is 8.18. The Morgan fingerprint density at radius 3 is 2.80 bits per heavy atom. The van der Waals surface area contributed by atoms with Crippen LogP contribution in [0.3, 0.4) is 0 Å². The number of likely N-dealkylation sites (N-methyl/N-ethyl adjacent to an activating group) is 1. The molecule has 5 nitrogen and oxygen atoms in total. The quantitative estimate of drug-likeness (QED) is 0.771. The standard InChI is InChI=1S/C17H19BrN2O3S2/c1-20(25(22,23)17-10-9-15(18)24-17)11-16(21)19-14-8-4-6-12-5-2-3-7-13(12)14/h2-3,5,7,9-10,14H,4,6,8,11H2,1H3,(H,19,21). The maximum Gasteiger partial charge on any atom is 0.252 e. The Labute approximate surface area is 160 Å². The molecule has 1 heterocycles. The summed E-state index contributed by atoms with van der Waals surface area (Å²) in [5, 5.41) is 2.98. The number of carbonyl (C=O) groups excluding carboxylic acids is 1. The number of sulfonamides is 1. The first-order valence-corrected chi connectivity index (χ1v) is 11.0. The molecule has 2 aromatic rings. The van der Waals surface area contributed by atoms with Crippen LogP contribution in [0.25, 0.3) is 0 Å². The number of nitrogens with one attached hydrogen (secondary N) is 1. The average molecular weight is 443 g/mol. The highest BCUT2D eigenvalue weighted by Crippen LogP contribution is 2.30. The molecule has 0 radical (unpaired) electrons. The minimum atomic E-state index is -3.65. The third kappa shape index (κ3) is 4.13. The van der Waals surface area contributed by atoms with E-state index < -0.39 is 10.0 Å². The molecule has 1 aromatic heterocycles. The van der Waals surface area contributed by atoms with Gasteiger partial charge < -0.3 is 5.32 Å². The van der Waals surface area contributed by atoms with Crippen molar-refractivity contribution < 1.29 is 13.2 Å². The van der Waals surface area contributed by atoms with E-state index in [9.17, 15) is 13.2 Å². The fourth-order valence-corrected chi connectivity index (χ4v) is 6.37. The van der Waals surface area contributed by atoms with Crippen molar-refractivity contribution in [2.75, 3.05) is 13.6 Å². The number of fused-ring (bicyclic) bond motifs is 1. The van der Waals surface area contributed by atoms with E-state index in [1.54, 1.807) is 6.07 Å². The number of carbonyl (C=O) groups is 1. The van der Waals surface area contributed by atoms with Crippen LogP contribution in [-0.4, -0.2) is 32.2 Å². The van der Waals surface area contributed by atoms with Gasteiger partial charge in [-0.1, -0.05) is 24.3 Å². The monoisotopic (exact) mass is 442 g/mol. The van der Waals surface area contributed by atoms with Crippen molar-refractivity contribution in [3.8, 4) is 0 Å². The van der Waals surface area contributed by atoms with E-state index in [1.807, 2.05) is 18.2 Å². The largest absolute Gasteiger partial charge is 0.348 e. The number of hydrogen-bond donors (Lipinski definition) is 1. The fraction of sp³-hybridized carbons (Fsp3) is 0.353. The Balaban J connectivity index is 1.67. The number of thiophene rings is 1. The van der Waals surface area contributed by atoms with Crippen LogP contribution in [0.15, 0.2) is 44.4 Å². The van der Waals surface area contributed by atoms with E-state index in [0.29, 0.717) is 0 Å². The van der Waals surface area contributed by atoms with Gasteiger partial charge in [-0.05, 0) is 58.5 Å². The molecule has 0 fully saturated rings. The summed E-state index contributed by atoms with van der Waals surface area (Å²) in [4.78, 5) is 12.4. The zero-order chi connectivity index (χ0) is 18.0. The van der Waals surface area contributed by atoms with E-state index >= 15 is 0 Å². The molecule has 1 aliphatic carbocycles. The summed E-state index contributed by atoms with van der Waals surface area (Å²) in [6, 6.07) is 11.3. The summed E-state index contributed by atoms with van der Waals surface area (Å²) in [5.41, 5.74) is 2.39. The van der Waals surface area contributed by atoms with Gasteiger partial charge in [0, 0.05) is 7.05 Å². The highest BCUT2D eigenvalue weighted by molar-refractivity contribution is 9.11. The summed E-state index contributed by atoms with van der Waals surface area (Å²) in [6.45, 7) is -0.198. The van der Waals surface area contributed by atoms with Crippen molar-refractivity contribution in [3.05, 3.63) is 51.3 Å². The van der Waals surface area contributed by atoms with Crippen LogP contribution in [0.1, 0.15) is 30.0 Å². The smallest absolute Gasteiger partial charge is 0.252 e. The average Bonchev–Trinajstić information content (AvgIpc) is 3.02. The van der Waals surface area contributed by atoms with Gasteiger partial charge in [0.15, 0.2) is 0 Å². The Morgan fingerprint density at radius 1 is 1.32 bits per heavy atom. The molecule has 0 bridgehead atoms. The van der Waals surface area contributed by atoms with Crippen LogP contribution in [0, 0.1) is 0 Å². The Morgan fingerprint density at radius 2 is 2.08 bits per heavy atom. The van der Waals surface area contributed by atoms with Gasteiger partial charge in [0.2, 0.25) is 5.91 Å². The van der Waals surface area contributed by atoms with E-state index in [1.165, 1.54) is 18.7 Å². The molecule has 1 aliphatic rings. The van der Waals surface area contributed by atoms with Crippen molar-refractivity contribution in [1.29, 1.82) is 0 Å². The SMILES string of the molecule is CN(CC(=O)NC1CCCc2ccccc21)S(=O)(=O)c1ccc(Br)s1. The summed E-state index contributed by atoms with van der Waals surface area (Å²) in [6.07, 6.45) is 2.90. The van der Waals surface area contributed by atoms with Crippen molar-refractivity contribution in [2.45, 2.75) is 29.5 Å². The molecule has 0 spiro atoms. The van der Waals surface area contributed by atoms with Gasteiger partial charge in [-0.25, -0.2) is 8.42 Å². The molecule has 1 atom stereocenters. The number of benzene rings is 1. The van der Waals surface area contributed by atoms with Gasteiger partial charge >= 0.3 is 0 Å². The first-order valence-electron chi connectivity index (χ1n) is 7.97. The molecule has 0 saturated carbocycles. The predicted molar refractivity (Wildman–Crippen MR) is 102 cm³/mol. The molecule has 1 N–H and O–H groups in total. The van der Waals surface area contributed by atoms with E-state index in [0.717, 1.165) is 44.3 Å². The normalized spacial score (nSPS) is 17.3. The van der Waals surface area contributed by atoms with Gasteiger partial charge in [-0.15, -0.1) is 11.3 Å². The summed E-state index contributed by atoms with van der Waals surface area (Å²) >= 11 is 4.39. The molecule has 134 valence electrons. The van der Waals surface area contributed by atoms with Crippen LogP contribution < -0.4 is 5.32 Å². The lowest BCUT2D eigenvalue weighted by Gasteiger charge is -2.27. The van der Waals surface area contributed by atoms with Gasteiger partial charge in [0.25, 0.3) is 10.0 Å². The second-order valence-corrected chi connectivity index (χ2v) is 10.8. The second kappa shape index (κ2) is 7.57. The summed E-state index contributed by atoms with van der Waals surface area (Å²) in [5.74, 6) is -0.289. The molecule has 1 amide bonds. The minimum Gasteiger partial charge on any atom is -0.348 e. The molecule has 8 heteroatoms. The van der Waals surface area contributed by atoms with Crippen LogP contribution in [-0.2, 0) is 21.2 Å². The van der Waals surface area contributed by atoms with Crippen LogP contribution in [0.2, 0.25) is 0 Å². The first-order chi connectivity index (χ1) is 11.9. The highest BCUT2D eigenvalue weighted by Gasteiger charge is 2.27. The van der Waals surface area contributed by atoms with Gasteiger partial charge in [-0.2, -0.15) is 4.31 Å². The molecule has 0 saturated heterocycles. The minimum absolute atomic E-state index is 0.0514. The third-order valence-electron chi connectivity index (χ3n) is 4.28. The van der Waals surface area contributed by atoms with E-state index in [2.05, 4.69) is 27.3 Å². The summed E-state index contributed by atoms with van der Waals surface area (Å²) in [7, 11) is -2.23. The van der Waals surface area contributed by atoms with Crippen LogP contribution >= 0.6 is 27.3 Å². The lowest BCUT2D eigenvalue weighted by molar-refractivity contribution is -0.122. The van der Waals surface area contributed by atoms with Gasteiger partial charge in [0.05, 0.1) is 16.4 Å². The van der Waals surface area contributed by atoms with Crippen molar-refractivity contribution in [2.24, 2.45) is 0 Å². The number of halogens is 1. The Kier molecular flexibility index (Phi) is 5.62. The number of rotatable bonds is 5. The lowest BCUT2D eigenvalue weighted by Crippen LogP contribution is -2.40. The van der Waals surface area contributed by atoms with Crippen molar-refractivity contribution in [3.63, 3.8) is 0 Å². The van der Waals surface area contributed by atoms with Gasteiger partial charge in [0.1, 0.15) is 4.21 Å². The van der Waals surface area contributed by atoms with E-state index in [-0.39, 0.29) is 22.7 Å². The zero-order valence-electron chi connectivity index (χ0n) is 13.7. The second-order valence-electron chi connectivity index (χ2n) is 6.03. The molecule has 1 unspecified atom stereocenters. The number of amides is 1. The Bertz CT molecular complexity index is 880. The molecule has 1 aromatic carbocycles. The highest BCUT2D eigenvalue weighted by atomic mass is 79.9.